The molecule has 1 aliphatic heterocycles. The first-order valence-electron chi connectivity index (χ1n) is 6.35. The van der Waals surface area contributed by atoms with Gasteiger partial charge in [-0.05, 0) is 46.2 Å². The number of thiophene rings is 2. The van der Waals surface area contributed by atoms with Crippen LogP contribution in [0.4, 0.5) is 5.69 Å². The Labute approximate surface area is 120 Å². The van der Waals surface area contributed by atoms with Crippen molar-refractivity contribution < 1.29 is 0 Å². The summed E-state index contributed by atoms with van der Waals surface area (Å²) in [6, 6.07) is 15.2. The predicted molar refractivity (Wildman–Crippen MR) is 84.0 cm³/mol. The molecule has 3 heterocycles. The van der Waals surface area contributed by atoms with E-state index in [-0.39, 0.29) is 0 Å². The average Bonchev–Trinajstić information content (AvgIpc) is 3.06. The van der Waals surface area contributed by atoms with E-state index in [0.29, 0.717) is 0 Å². The molecule has 0 aliphatic carbocycles. The Kier molecular flexibility index (Phi) is 2.67. The van der Waals surface area contributed by atoms with E-state index in [2.05, 4.69) is 58.1 Å². The van der Waals surface area contributed by atoms with Crippen LogP contribution in [-0.2, 0) is 13.1 Å². The molecule has 0 N–H and O–H groups in total. The molecule has 1 nitrogen and oxygen atoms in total. The minimum atomic E-state index is 1.00. The Morgan fingerprint density at radius 2 is 1.32 bits per heavy atom. The van der Waals surface area contributed by atoms with Crippen LogP contribution in [0.1, 0.15) is 11.1 Å². The maximum Gasteiger partial charge on any atom is 0.0495 e. The number of para-hydroxylation sites is 1. The Morgan fingerprint density at radius 3 is 1.89 bits per heavy atom. The van der Waals surface area contributed by atoms with Gasteiger partial charge in [0.1, 0.15) is 0 Å². The molecule has 0 bridgehead atoms. The second-order valence-electron chi connectivity index (χ2n) is 4.74. The van der Waals surface area contributed by atoms with Crippen LogP contribution in [0, 0.1) is 0 Å². The van der Waals surface area contributed by atoms with Crippen molar-refractivity contribution in [3.63, 3.8) is 0 Å². The van der Waals surface area contributed by atoms with Gasteiger partial charge in [-0.3, -0.25) is 0 Å². The molecule has 3 heteroatoms. The summed E-state index contributed by atoms with van der Waals surface area (Å²) in [7, 11) is 0. The Morgan fingerprint density at radius 1 is 0.737 bits per heavy atom. The lowest BCUT2D eigenvalue weighted by atomic mass is 10.2. The van der Waals surface area contributed by atoms with Crippen molar-refractivity contribution in [2.24, 2.45) is 0 Å². The number of anilines is 1. The monoisotopic (exact) mass is 283 g/mol. The van der Waals surface area contributed by atoms with Crippen LogP contribution in [0.25, 0.3) is 9.75 Å². The highest BCUT2D eigenvalue weighted by Crippen LogP contribution is 2.40. The highest BCUT2D eigenvalue weighted by Gasteiger charge is 2.21. The smallest absolute Gasteiger partial charge is 0.0495 e. The van der Waals surface area contributed by atoms with Crippen LogP contribution in [0.5, 0.6) is 0 Å². The minimum Gasteiger partial charge on any atom is -0.363 e. The van der Waals surface area contributed by atoms with Crippen LogP contribution in [0.2, 0.25) is 0 Å². The molecule has 2 aromatic heterocycles. The summed E-state index contributed by atoms with van der Waals surface area (Å²) in [6.45, 7) is 2.01. The van der Waals surface area contributed by atoms with Crippen molar-refractivity contribution >= 4 is 28.4 Å². The molecule has 0 atom stereocenters. The molecule has 0 amide bonds. The number of hydrogen-bond acceptors (Lipinski definition) is 3. The zero-order valence-electron chi connectivity index (χ0n) is 10.4. The SMILES string of the molecule is c1ccc(N2Cc3ccsc3-c3sccc3C2)cc1. The van der Waals surface area contributed by atoms with Gasteiger partial charge in [-0.15, -0.1) is 22.7 Å². The van der Waals surface area contributed by atoms with Crippen molar-refractivity contribution in [2.75, 3.05) is 4.90 Å². The van der Waals surface area contributed by atoms with Crippen molar-refractivity contribution in [3.8, 4) is 9.75 Å². The fourth-order valence-electron chi connectivity index (χ4n) is 2.61. The second kappa shape index (κ2) is 4.51. The van der Waals surface area contributed by atoms with Crippen molar-refractivity contribution in [1.82, 2.24) is 0 Å². The molecule has 1 aliphatic rings. The highest BCUT2D eigenvalue weighted by molar-refractivity contribution is 7.20. The molecule has 19 heavy (non-hydrogen) atoms. The molecule has 0 radical (unpaired) electrons. The fourth-order valence-corrected chi connectivity index (χ4v) is 4.68. The van der Waals surface area contributed by atoms with Crippen LogP contribution >= 0.6 is 22.7 Å². The largest absolute Gasteiger partial charge is 0.363 e. The third-order valence-corrected chi connectivity index (χ3v) is 5.62. The number of nitrogens with zero attached hydrogens (tertiary/aromatic N) is 1. The number of rotatable bonds is 1. The lowest BCUT2D eigenvalue weighted by molar-refractivity contribution is 0.814. The standard InChI is InChI=1S/C16H13NS2/c1-2-4-14(5-3-1)17-10-12-6-8-18-15(12)16-13(11-17)7-9-19-16/h1-9H,10-11H2. The quantitative estimate of drug-likeness (QED) is 0.607. The fraction of sp³-hybridized carbons (Fsp3) is 0.125. The first kappa shape index (κ1) is 11.3. The molecule has 4 rings (SSSR count). The van der Waals surface area contributed by atoms with E-state index in [0.717, 1.165) is 13.1 Å². The maximum atomic E-state index is 2.46. The van der Waals surface area contributed by atoms with Gasteiger partial charge in [0, 0.05) is 28.5 Å². The molecule has 94 valence electrons. The molecular weight excluding hydrogens is 270 g/mol. The van der Waals surface area contributed by atoms with E-state index in [1.54, 1.807) is 0 Å². The van der Waals surface area contributed by atoms with Crippen LogP contribution < -0.4 is 4.90 Å². The van der Waals surface area contributed by atoms with Gasteiger partial charge in [0.25, 0.3) is 0 Å². The van der Waals surface area contributed by atoms with E-state index in [1.807, 2.05) is 22.7 Å². The minimum absolute atomic E-state index is 1.00. The topological polar surface area (TPSA) is 3.24 Å². The zero-order chi connectivity index (χ0) is 12.7. The van der Waals surface area contributed by atoms with Gasteiger partial charge >= 0.3 is 0 Å². The molecule has 0 saturated heterocycles. The van der Waals surface area contributed by atoms with Gasteiger partial charge in [-0.25, -0.2) is 0 Å². The van der Waals surface area contributed by atoms with E-state index in [9.17, 15) is 0 Å². The Hall–Kier alpha value is -1.58. The van der Waals surface area contributed by atoms with Crippen LogP contribution in [-0.4, -0.2) is 0 Å². The van der Waals surface area contributed by atoms with Gasteiger partial charge in [-0.1, -0.05) is 18.2 Å². The van der Waals surface area contributed by atoms with E-state index in [1.165, 1.54) is 26.6 Å². The van der Waals surface area contributed by atoms with E-state index >= 15 is 0 Å². The van der Waals surface area contributed by atoms with Gasteiger partial charge in [0.2, 0.25) is 0 Å². The molecule has 0 saturated carbocycles. The van der Waals surface area contributed by atoms with Crippen molar-refractivity contribution in [3.05, 3.63) is 64.4 Å². The lowest BCUT2D eigenvalue weighted by Crippen LogP contribution is -2.20. The molecule has 3 aromatic rings. The van der Waals surface area contributed by atoms with Gasteiger partial charge in [0.15, 0.2) is 0 Å². The normalized spacial score (nSPS) is 13.8. The summed E-state index contributed by atoms with van der Waals surface area (Å²) >= 11 is 3.73. The Bertz CT molecular complexity index is 654. The summed E-state index contributed by atoms with van der Waals surface area (Å²) in [5.74, 6) is 0. The summed E-state index contributed by atoms with van der Waals surface area (Å²) in [5.41, 5.74) is 4.21. The molecular formula is C16H13NS2. The van der Waals surface area contributed by atoms with Crippen molar-refractivity contribution in [2.45, 2.75) is 13.1 Å². The predicted octanol–water partition coefficient (Wildman–Crippen LogP) is 5.00. The summed E-state index contributed by atoms with van der Waals surface area (Å²) in [4.78, 5) is 5.39. The molecule has 0 spiro atoms. The second-order valence-corrected chi connectivity index (χ2v) is 6.57. The summed E-state index contributed by atoms with van der Waals surface area (Å²) in [6.07, 6.45) is 0. The lowest BCUT2D eigenvalue weighted by Gasteiger charge is -2.23. The number of benzene rings is 1. The van der Waals surface area contributed by atoms with Gasteiger partial charge in [-0.2, -0.15) is 0 Å². The van der Waals surface area contributed by atoms with E-state index < -0.39 is 0 Å². The van der Waals surface area contributed by atoms with Gasteiger partial charge in [0.05, 0.1) is 0 Å². The molecule has 0 unspecified atom stereocenters. The first-order chi connectivity index (χ1) is 9.42. The molecule has 1 aromatic carbocycles. The third-order valence-electron chi connectivity index (χ3n) is 3.54. The average molecular weight is 283 g/mol. The highest BCUT2D eigenvalue weighted by atomic mass is 32.1. The van der Waals surface area contributed by atoms with Crippen LogP contribution in [0.3, 0.4) is 0 Å². The zero-order valence-corrected chi connectivity index (χ0v) is 12.0. The number of hydrogen-bond donors (Lipinski definition) is 0. The van der Waals surface area contributed by atoms with Gasteiger partial charge < -0.3 is 4.90 Å². The van der Waals surface area contributed by atoms with E-state index in [4.69, 9.17) is 0 Å². The molecule has 0 fully saturated rings. The first-order valence-corrected chi connectivity index (χ1v) is 8.11. The van der Waals surface area contributed by atoms with Crippen LogP contribution in [0.15, 0.2) is 53.2 Å². The number of fused-ring (bicyclic) bond motifs is 3. The summed E-state index contributed by atoms with van der Waals surface area (Å²) < 4.78 is 0. The Balaban J connectivity index is 1.84. The summed E-state index contributed by atoms with van der Waals surface area (Å²) in [5, 5.41) is 4.42. The third kappa shape index (κ3) is 1.90. The maximum absolute atomic E-state index is 2.46. The van der Waals surface area contributed by atoms with Crippen molar-refractivity contribution in [1.29, 1.82) is 0 Å².